The quantitative estimate of drug-likeness (QED) is 0.813. The number of hydrogen-bond donors (Lipinski definition) is 2. The lowest BCUT2D eigenvalue weighted by Gasteiger charge is -2.07. The van der Waals surface area contributed by atoms with E-state index in [4.69, 9.17) is 5.73 Å². The fourth-order valence-electron chi connectivity index (χ4n) is 1.85. The van der Waals surface area contributed by atoms with E-state index in [1.165, 1.54) is 12.1 Å². The molecule has 0 bridgehead atoms. The van der Waals surface area contributed by atoms with Gasteiger partial charge in [0.05, 0.1) is 22.6 Å². The molecule has 0 unspecified atom stereocenters. The summed E-state index contributed by atoms with van der Waals surface area (Å²) in [5.41, 5.74) is 7.77. The fourth-order valence-corrected chi connectivity index (χ4v) is 1.85. The molecule has 2 rings (SSSR count). The Bertz CT molecular complexity index is 648. The minimum Gasteiger partial charge on any atom is -0.399 e. The van der Waals surface area contributed by atoms with Crippen LogP contribution in [0.2, 0.25) is 0 Å². The van der Waals surface area contributed by atoms with Gasteiger partial charge in [-0.2, -0.15) is 5.10 Å². The van der Waals surface area contributed by atoms with Gasteiger partial charge in [0.2, 0.25) is 0 Å². The molecule has 3 N–H and O–H groups in total. The maximum absolute atomic E-state index is 13.6. The Morgan fingerprint density at radius 2 is 2.11 bits per heavy atom. The number of nitrogen functional groups attached to an aromatic ring is 1. The third-order valence-corrected chi connectivity index (χ3v) is 2.99. The summed E-state index contributed by atoms with van der Waals surface area (Å²) in [6.07, 6.45) is 0. The summed E-state index contributed by atoms with van der Waals surface area (Å²) in [5.74, 6) is -1.16. The molecule has 0 aliphatic rings. The standard InChI is InChI=1S/C13H15FN4O/c1-7-12(8(2)18(3)17-7)16-13(19)10-5-4-9(15)6-11(10)14/h4-6H,15H2,1-3H3,(H,16,19). The highest BCUT2D eigenvalue weighted by Gasteiger charge is 2.16. The minimum absolute atomic E-state index is 0.0446. The van der Waals surface area contributed by atoms with E-state index in [0.717, 1.165) is 11.8 Å². The Morgan fingerprint density at radius 3 is 2.63 bits per heavy atom. The Hall–Kier alpha value is -2.37. The van der Waals surface area contributed by atoms with Crippen molar-refractivity contribution in [2.24, 2.45) is 7.05 Å². The van der Waals surface area contributed by atoms with Gasteiger partial charge in [0.1, 0.15) is 5.82 Å². The molecule has 1 amide bonds. The van der Waals surface area contributed by atoms with Crippen molar-refractivity contribution >= 4 is 17.3 Å². The first-order valence-corrected chi connectivity index (χ1v) is 5.76. The zero-order valence-electron chi connectivity index (χ0n) is 11.0. The number of halogens is 1. The predicted octanol–water partition coefficient (Wildman–Crippen LogP) is 2.01. The first-order chi connectivity index (χ1) is 8.90. The van der Waals surface area contributed by atoms with Gasteiger partial charge in [-0.15, -0.1) is 0 Å². The first kappa shape index (κ1) is 13.1. The van der Waals surface area contributed by atoms with E-state index in [9.17, 15) is 9.18 Å². The molecule has 1 aromatic heterocycles. The number of nitrogens with zero attached hydrogens (tertiary/aromatic N) is 2. The number of amides is 1. The smallest absolute Gasteiger partial charge is 0.258 e. The molecule has 0 radical (unpaired) electrons. The van der Waals surface area contributed by atoms with Crippen molar-refractivity contribution < 1.29 is 9.18 Å². The largest absolute Gasteiger partial charge is 0.399 e. The number of carbonyl (C=O) groups excluding carboxylic acids is 1. The fraction of sp³-hybridized carbons (Fsp3) is 0.231. The number of aryl methyl sites for hydroxylation is 2. The number of aromatic nitrogens is 2. The van der Waals surface area contributed by atoms with Crippen molar-refractivity contribution in [2.45, 2.75) is 13.8 Å². The molecule has 100 valence electrons. The molecule has 0 fully saturated rings. The van der Waals surface area contributed by atoms with Crippen molar-refractivity contribution in [1.82, 2.24) is 9.78 Å². The number of rotatable bonds is 2. The molecule has 0 spiro atoms. The summed E-state index contributed by atoms with van der Waals surface area (Å²) in [7, 11) is 1.78. The molecular weight excluding hydrogens is 247 g/mol. The third kappa shape index (κ3) is 2.42. The Labute approximate surface area is 110 Å². The molecule has 0 saturated heterocycles. The van der Waals surface area contributed by atoms with Crippen molar-refractivity contribution in [3.05, 3.63) is 41.0 Å². The van der Waals surface area contributed by atoms with Gasteiger partial charge in [-0.05, 0) is 32.0 Å². The number of hydrogen-bond acceptors (Lipinski definition) is 3. The predicted molar refractivity (Wildman–Crippen MR) is 71.4 cm³/mol. The van der Waals surface area contributed by atoms with Crippen LogP contribution in [0.5, 0.6) is 0 Å². The number of nitrogens with two attached hydrogens (primary N) is 1. The van der Waals surface area contributed by atoms with Gasteiger partial charge < -0.3 is 11.1 Å². The minimum atomic E-state index is -0.642. The summed E-state index contributed by atoms with van der Waals surface area (Å²) in [4.78, 5) is 12.0. The highest BCUT2D eigenvalue weighted by molar-refractivity contribution is 6.05. The molecule has 0 aliphatic heterocycles. The van der Waals surface area contributed by atoms with Crippen LogP contribution in [-0.4, -0.2) is 15.7 Å². The van der Waals surface area contributed by atoms with Crippen LogP contribution in [0.1, 0.15) is 21.7 Å². The summed E-state index contributed by atoms with van der Waals surface area (Å²) in [6, 6.07) is 3.97. The Morgan fingerprint density at radius 1 is 1.42 bits per heavy atom. The van der Waals surface area contributed by atoms with Gasteiger partial charge in [0, 0.05) is 12.7 Å². The van der Waals surface area contributed by atoms with Crippen LogP contribution >= 0.6 is 0 Å². The summed E-state index contributed by atoms with van der Waals surface area (Å²) >= 11 is 0. The maximum Gasteiger partial charge on any atom is 0.258 e. The second-order valence-corrected chi connectivity index (χ2v) is 4.36. The zero-order chi connectivity index (χ0) is 14.2. The van der Waals surface area contributed by atoms with Crippen LogP contribution in [0, 0.1) is 19.7 Å². The summed E-state index contributed by atoms with van der Waals surface area (Å²) in [5, 5.41) is 6.85. The van der Waals surface area contributed by atoms with Gasteiger partial charge in [0.25, 0.3) is 5.91 Å². The average Bonchev–Trinajstić information content (AvgIpc) is 2.56. The van der Waals surface area contributed by atoms with Crippen molar-refractivity contribution in [3.8, 4) is 0 Å². The van der Waals surface area contributed by atoms with E-state index in [1.807, 2.05) is 6.92 Å². The molecule has 6 heteroatoms. The van der Waals surface area contributed by atoms with E-state index in [-0.39, 0.29) is 11.3 Å². The van der Waals surface area contributed by atoms with Crippen molar-refractivity contribution in [1.29, 1.82) is 0 Å². The van der Waals surface area contributed by atoms with Crippen LogP contribution in [0.3, 0.4) is 0 Å². The lowest BCUT2D eigenvalue weighted by Crippen LogP contribution is -2.15. The van der Waals surface area contributed by atoms with E-state index in [1.54, 1.807) is 18.7 Å². The van der Waals surface area contributed by atoms with Gasteiger partial charge >= 0.3 is 0 Å². The summed E-state index contributed by atoms with van der Waals surface area (Å²) in [6.45, 7) is 3.61. The lowest BCUT2D eigenvalue weighted by molar-refractivity contribution is 0.102. The molecule has 0 aliphatic carbocycles. The number of nitrogens with one attached hydrogen (secondary N) is 1. The molecule has 1 heterocycles. The molecule has 5 nitrogen and oxygen atoms in total. The third-order valence-electron chi connectivity index (χ3n) is 2.99. The molecular formula is C13H15FN4O. The monoisotopic (exact) mass is 262 g/mol. The van der Waals surface area contributed by atoms with Gasteiger partial charge in [0.15, 0.2) is 0 Å². The lowest BCUT2D eigenvalue weighted by atomic mass is 10.1. The molecule has 19 heavy (non-hydrogen) atoms. The zero-order valence-corrected chi connectivity index (χ0v) is 11.0. The normalized spacial score (nSPS) is 10.5. The summed E-state index contributed by atoms with van der Waals surface area (Å²) < 4.78 is 15.3. The molecule has 2 aromatic rings. The molecule has 0 saturated carbocycles. The topological polar surface area (TPSA) is 72.9 Å². The molecule has 1 aromatic carbocycles. The number of benzene rings is 1. The molecule has 0 atom stereocenters. The second-order valence-electron chi connectivity index (χ2n) is 4.36. The SMILES string of the molecule is Cc1nn(C)c(C)c1NC(=O)c1ccc(N)cc1F. The van der Waals surface area contributed by atoms with Gasteiger partial charge in [-0.3, -0.25) is 9.48 Å². The van der Waals surface area contributed by atoms with Crippen LogP contribution in [0.25, 0.3) is 0 Å². The van der Waals surface area contributed by atoms with Crippen LogP contribution in [0.4, 0.5) is 15.8 Å². The second kappa shape index (κ2) is 4.72. The van der Waals surface area contributed by atoms with E-state index in [2.05, 4.69) is 10.4 Å². The number of carbonyl (C=O) groups is 1. The van der Waals surface area contributed by atoms with Gasteiger partial charge in [-0.25, -0.2) is 4.39 Å². The van der Waals surface area contributed by atoms with Crippen LogP contribution in [0.15, 0.2) is 18.2 Å². The Balaban J connectivity index is 2.31. The van der Waals surface area contributed by atoms with E-state index < -0.39 is 11.7 Å². The van der Waals surface area contributed by atoms with E-state index >= 15 is 0 Å². The van der Waals surface area contributed by atoms with Crippen molar-refractivity contribution in [2.75, 3.05) is 11.1 Å². The highest BCUT2D eigenvalue weighted by Crippen LogP contribution is 2.20. The van der Waals surface area contributed by atoms with Crippen molar-refractivity contribution in [3.63, 3.8) is 0 Å². The van der Waals surface area contributed by atoms with Crippen LogP contribution in [-0.2, 0) is 7.05 Å². The number of anilines is 2. The Kier molecular flexibility index (Phi) is 3.25. The van der Waals surface area contributed by atoms with Gasteiger partial charge in [-0.1, -0.05) is 0 Å². The average molecular weight is 262 g/mol. The maximum atomic E-state index is 13.6. The highest BCUT2D eigenvalue weighted by atomic mass is 19.1. The first-order valence-electron chi connectivity index (χ1n) is 5.76. The van der Waals surface area contributed by atoms with Crippen LogP contribution < -0.4 is 11.1 Å². The van der Waals surface area contributed by atoms with E-state index in [0.29, 0.717) is 11.4 Å².